The standard InChI is InChI=1S/C17H18N2O5/c1-22-10-8-13(23-2)15(14(9-10)24-3)17(21)19-12-7-5-4-6-11(12)16(18)20/h4-9H,1-3H3,(H2,18,20)(H,19,21). The van der Waals surface area contributed by atoms with Gasteiger partial charge in [0.15, 0.2) is 0 Å². The second-order valence-corrected chi connectivity index (χ2v) is 4.77. The van der Waals surface area contributed by atoms with Crippen molar-refractivity contribution in [2.45, 2.75) is 0 Å². The number of nitrogens with one attached hydrogen (secondary N) is 1. The van der Waals surface area contributed by atoms with Gasteiger partial charge in [-0.3, -0.25) is 9.59 Å². The number of anilines is 1. The average molecular weight is 330 g/mol. The second-order valence-electron chi connectivity index (χ2n) is 4.77. The van der Waals surface area contributed by atoms with E-state index in [2.05, 4.69) is 5.32 Å². The van der Waals surface area contributed by atoms with Crippen LogP contribution in [0.4, 0.5) is 5.69 Å². The third-order valence-electron chi connectivity index (χ3n) is 3.38. The van der Waals surface area contributed by atoms with Crippen LogP contribution >= 0.6 is 0 Å². The minimum Gasteiger partial charge on any atom is -0.496 e. The lowest BCUT2D eigenvalue weighted by molar-refractivity contribution is 0.100. The van der Waals surface area contributed by atoms with E-state index in [0.29, 0.717) is 11.4 Å². The van der Waals surface area contributed by atoms with Gasteiger partial charge in [-0.2, -0.15) is 0 Å². The summed E-state index contributed by atoms with van der Waals surface area (Å²) in [5.74, 6) is -0.0992. The molecule has 7 heteroatoms. The fourth-order valence-electron chi connectivity index (χ4n) is 2.22. The minimum atomic E-state index is -0.639. The van der Waals surface area contributed by atoms with Crippen molar-refractivity contribution in [3.63, 3.8) is 0 Å². The van der Waals surface area contributed by atoms with E-state index in [1.54, 1.807) is 30.3 Å². The van der Waals surface area contributed by atoms with E-state index in [1.165, 1.54) is 27.4 Å². The van der Waals surface area contributed by atoms with Gasteiger partial charge in [0.2, 0.25) is 0 Å². The quantitative estimate of drug-likeness (QED) is 0.844. The summed E-state index contributed by atoms with van der Waals surface area (Å²) < 4.78 is 15.7. The van der Waals surface area contributed by atoms with Crippen LogP contribution in [-0.2, 0) is 0 Å². The summed E-state index contributed by atoms with van der Waals surface area (Å²) in [7, 11) is 4.36. The Hall–Kier alpha value is -3.22. The topological polar surface area (TPSA) is 99.9 Å². The molecule has 2 amide bonds. The van der Waals surface area contributed by atoms with Crippen LogP contribution in [0.3, 0.4) is 0 Å². The molecule has 0 spiro atoms. The van der Waals surface area contributed by atoms with E-state index >= 15 is 0 Å². The summed E-state index contributed by atoms with van der Waals surface area (Å²) in [5, 5.41) is 2.65. The molecule has 0 heterocycles. The Morgan fingerprint density at radius 1 is 0.958 bits per heavy atom. The first-order valence-electron chi connectivity index (χ1n) is 7.02. The molecule has 0 aromatic heterocycles. The van der Waals surface area contributed by atoms with Crippen molar-refractivity contribution in [2.24, 2.45) is 5.73 Å². The Morgan fingerprint density at radius 3 is 2.04 bits per heavy atom. The molecule has 126 valence electrons. The number of carbonyl (C=O) groups is 2. The molecule has 2 aromatic carbocycles. The summed E-state index contributed by atoms with van der Waals surface area (Å²) in [4.78, 5) is 24.2. The highest BCUT2D eigenvalue weighted by Crippen LogP contribution is 2.34. The molecule has 24 heavy (non-hydrogen) atoms. The third kappa shape index (κ3) is 3.40. The molecular formula is C17H18N2O5. The fraction of sp³-hybridized carbons (Fsp3) is 0.176. The lowest BCUT2D eigenvalue weighted by Crippen LogP contribution is -2.19. The van der Waals surface area contributed by atoms with Crippen LogP contribution in [0.15, 0.2) is 36.4 Å². The highest BCUT2D eigenvalue weighted by atomic mass is 16.5. The minimum absolute atomic E-state index is 0.181. The summed E-state index contributed by atoms with van der Waals surface area (Å²) in [5.41, 5.74) is 6.01. The maximum Gasteiger partial charge on any atom is 0.263 e. The average Bonchev–Trinajstić information content (AvgIpc) is 2.60. The van der Waals surface area contributed by atoms with Gasteiger partial charge in [0.05, 0.1) is 32.6 Å². The number of rotatable bonds is 6. The maximum atomic E-state index is 12.7. The zero-order chi connectivity index (χ0) is 17.7. The number of nitrogens with two attached hydrogens (primary N) is 1. The fourth-order valence-corrected chi connectivity index (χ4v) is 2.22. The molecule has 0 radical (unpaired) electrons. The van der Waals surface area contributed by atoms with Gasteiger partial charge in [-0.15, -0.1) is 0 Å². The van der Waals surface area contributed by atoms with Gasteiger partial charge in [-0.1, -0.05) is 12.1 Å². The first kappa shape index (κ1) is 17.1. The summed E-state index contributed by atoms with van der Waals surface area (Å²) in [6.07, 6.45) is 0. The van der Waals surface area contributed by atoms with Crippen LogP contribution in [0.5, 0.6) is 17.2 Å². The molecule has 0 aliphatic heterocycles. The van der Waals surface area contributed by atoms with E-state index in [1.807, 2.05) is 0 Å². The van der Waals surface area contributed by atoms with Crippen molar-refractivity contribution in [3.8, 4) is 17.2 Å². The molecule has 0 fully saturated rings. The number of methoxy groups -OCH3 is 3. The van der Waals surface area contributed by atoms with Crippen LogP contribution in [0.1, 0.15) is 20.7 Å². The lowest BCUT2D eigenvalue weighted by atomic mass is 10.1. The van der Waals surface area contributed by atoms with Gasteiger partial charge in [-0.25, -0.2) is 0 Å². The van der Waals surface area contributed by atoms with Crippen molar-refractivity contribution in [3.05, 3.63) is 47.5 Å². The zero-order valence-corrected chi connectivity index (χ0v) is 13.6. The van der Waals surface area contributed by atoms with Gasteiger partial charge >= 0.3 is 0 Å². The Balaban J connectivity index is 2.45. The SMILES string of the molecule is COc1cc(OC)c(C(=O)Nc2ccccc2C(N)=O)c(OC)c1. The predicted molar refractivity (Wildman–Crippen MR) is 89.0 cm³/mol. The smallest absolute Gasteiger partial charge is 0.263 e. The van der Waals surface area contributed by atoms with Gasteiger partial charge in [0, 0.05) is 12.1 Å². The molecule has 7 nitrogen and oxygen atoms in total. The zero-order valence-electron chi connectivity index (χ0n) is 13.6. The number of primary amides is 1. The maximum absolute atomic E-state index is 12.7. The highest BCUT2D eigenvalue weighted by molar-refractivity contribution is 6.11. The van der Waals surface area contributed by atoms with Crippen LogP contribution < -0.4 is 25.3 Å². The molecular weight excluding hydrogens is 312 g/mol. The molecule has 0 unspecified atom stereocenters. The first-order chi connectivity index (χ1) is 11.5. The number of ether oxygens (including phenoxy) is 3. The van der Waals surface area contributed by atoms with E-state index in [9.17, 15) is 9.59 Å². The van der Waals surface area contributed by atoms with E-state index in [4.69, 9.17) is 19.9 Å². The van der Waals surface area contributed by atoms with Crippen molar-refractivity contribution in [1.29, 1.82) is 0 Å². The number of para-hydroxylation sites is 1. The molecule has 3 N–H and O–H groups in total. The molecule has 2 rings (SSSR count). The van der Waals surface area contributed by atoms with Crippen LogP contribution in [-0.4, -0.2) is 33.1 Å². The first-order valence-corrected chi connectivity index (χ1v) is 7.02. The van der Waals surface area contributed by atoms with Crippen molar-refractivity contribution < 1.29 is 23.8 Å². The molecule has 0 aliphatic rings. The van der Waals surface area contributed by atoms with Crippen LogP contribution in [0.25, 0.3) is 0 Å². The van der Waals surface area contributed by atoms with Gasteiger partial charge in [-0.05, 0) is 12.1 Å². The lowest BCUT2D eigenvalue weighted by Gasteiger charge is -2.15. The molecule has 0 atom stereocenters. The van der Waals surface area contributed by atoms with E-state index in [-0.39, 0.29) is 22.6 Å². The Kier molecular flexibility index (Phi) is 5.26. The summed E-state index contributed by atoms with van der Waals surface area (Å²) in [6, 6.07) is 9.59. The van der Waals surface area contributed by atoms with E-state index < -0.39 is 11.8 Å². The van der Waals surface area contributed by atoms with Crippen molar-refractivity contribution in [1.82, 2.24) is 0 Å². The monoisotopic (exact) mass is 330 g/mol. The summed E-state index contributed by atoms with van der Waals surface area (Å²) in [6.45, 7) is 0. The summed E-state index contributed by atoms with van der Waals surface area (Å²) >= 11 is 0. The van der Waals surface area contributed by atoms with Gasteiger partial charge in [0.25, 0.3) is 11.8 Å². The number of benzene rings is 2. The van der Waals surface area contributed by atoms with E-state index in [0.717, 1.165) is 0 Å². The molecule has 0 bridgehead atoms. The van der Waals surface area contributed by atoms with Gasteiger partial charge < -0.3 is 25.3 Å². The van der Waals surface area contributed by atoms with Gasteiger partial charge in [0.1, 0.15) is 22.8 Å². The Morgan fingerprint density at radius 2 is 1.54 bits per heavy atom. The Bertz CT molecular complexity index is 748. The predicted octanol–water partition coefficient (Wildman–Crippen LogP) is 2.06. The number of amides is 2. The van der Waals surface area contributed by atoms with Crippen LogP contribution in [0.2, 0.25) is 0 Å². The number of carbonyl (C=O) groups excluding carboxylic acids is 2. The largest absolute Gasteiger partial charge is 0.496 e. The third-order valence-corrected chi connectivity index (χ3v) is 3.38. The second kappa shape index (κ2) is 7.36. The molecule has 0 aliphatic carbocycles. The number of hydrogen-bond donors (Lipinski definition) is 2. The molecule has 2 aromatic rings. The normalized spacial score (nSPS) is 9.96. The van der Waals surface area contributed by atoms with Crippen LogP contribution in [0, 0.1) is 0 Å². The number of hydrogen-bond acceptors (Lipinski definition) is 5. The molecule has 0 saturated carbocycles. The molecule has 0 saturated heterocycles. The van der Waals surface area contributed by atoms with Crippen molar-refractivity contribution in [2.75, 3.05) is 26.6 Å². The Labute approximate surface area is 139 Å². The highest BCUT2D eigenvalue weighted by Gasteiger charge is 2.21. The van der Waals surface area contributed by atoms with Crippen molar-refractivity contribution >= 4 is 17.5 Å².